The monoisotopic (exact) mass is 290 g/mol. The Labute approximate surface area is 111 Å². The summed E-state index contributed by atoms with van der Waals surface area (Å²) in [4.78, 5) is 15.6. The standard InChI is InChI=1S/C10H18N4O4S/c1-3-7-13-8(10(15)18-2)9(11)14(7)5-4-6-19(12,16)17/h3-6,11H2,1-2H3,(H2,12,16,17). The van der Waals surface area contributed by atoms with E-state index in [9.17, 15) is 13.2 Å². The molecule has 1 heterocycles. The van der Waals surface area contributed by atoms with Crippen LogP contribution in [0.4, 0.5) is 5.82 Å². The molecule has 19 heavy (non-hydrogen) atoms. The number of primary sulfonamides is 1. The Morgan fingerprint density at radius 1 is 1.47 bits per heavy atom. The maximum Gasteiger partial charge on any atom is 0.360 e. The van der Waals surface area contributed by atoms with Gasteiger partial charge >= 0.3 is 5.97 Å². The molecule has 0 spiro atoms. The Balaban J connectivity index is 2.93. The van der Waals surface area contributed by atoms with Crippen LogP contribution in [0.1, 0.15) is 29.7 Å². The first-order chi connectivity index (χ1) is 8.80. The number of rotatable bonds is 6. The third kappa shape index (κ3) is 3.93. The molecular formula is C10H18N4O4S. The zero-order chi connectivity index (χ0) is 14.6. The number of aromatic nitrogens is 2. The largest absolute Gasteiger partial charge is 0.464 e. The molecule has 0 aliphatic heterocycles. The summed E-state index contributed by atoms with van der Waals surface area (Å²) in [7, 11) is -2.26. The van der Waals surface area contributed by atoms with E-state index in [0.29, 0.717) is 25.2 Å². The van der Waals surface area contributed by atoms with Crippen LogP contribution in [0.2, 0.25) is 0 Å². The van der Waals surface area contributed by atoms with E-state index in [4.69, 9.17) is 10.9 Å². The number of imidazole rings is 1. The van der Waals surface area contributed by atoms with Crippen LogP contribution < -0.4 is 10.9 Å². The van der Waals surface area contributed by atoms with E-state index in [0.717, 1.165) is 0 Å². The molecule has 0 fully saturated rings. The predicted molar refractivity (Wildman–Crippen MR) is 69.9 cm³/mol. The first-order valence-corrected chi connectivity index (χ1v) is 7.45. The average Bonchev–Trinajstić information content (AvgIpc) is 2.64. The van der Waals surface area contributed by atoms with Crippen molar-refractivity contribution in [3.63, 3.8) is 0 Å². The molecule has 1 aromatic rings. The van der Waals surface area contributed by atoms with Crippen LogP contribution in [0.5, 0.6) is 0 Å². The minimum atomic E-state index is -3.51. The van der Waals surface area contributed by atoms with E-state index in [-0.39, 0.29) is 17.3 Å². The number of sulfonamides is 1. The molecular weight excluding hydrogens is 272 g/mol. The van der Waals surface area contributed by atoms with E-state index >= 15 is 0 Å². The molecule has 0 aromatic carbocycles. The minimum Gasteiger partial charge on any atom is -0.464 e. The van der Waals surface area contributed by atoms with Crippen LogP contribution in [0.3, 0.4) is 0 Å². The number of anilines is 1. The maximum atomic E-state index is 11.5. The number of ether oxygens (including phenoxy) is 1. The highest BCUT2D eigenvalue weighted by Gasteiger charge is 2.20. The van der Waals surface area contributed by atoms with E-state index in [1.165, 1.54) is 7.11 Å². The minimum absolute atomic E-state index is 0.0509. The summed E-state index contributed by atoms with van der Waals surface area (Å²) in [6.07, 6.45) is 0.865. The van der Waals surface area contributed by atoms with E-state index in [1.807, 2.05) is 6.92 Å². The Hall–Kier alpha value is -1.61. The fraction of sp³-hybridized carbons (Fsp3) is 0.600. The Morgan fingerprint density at radius 2 is 2.11 bits per heavy atom. The maximum absolute atomic E-state index is 11.5. The van der Waals surface area contributed by atoms with Crippen LogP contribution in [0.25, 0.3) is 0 Å². The van der Waals surface area contributed by atoms with Gasteiger partial charge in [0.25, 0.3) is 0 Å². The van der Waals surface area contributed by atoms with E-state index in [2.05, 4.69) is 9.72 Å². The second-order valence-corrected chi connectivity index (χ2v) is 5.71. The van der Waals surface area contributed by atoms with Gasteiger partial charge in [-0.3, -0.25) is 0 Å². The van der Waals surface area contributed by atoms with Crippen molar-refractivity contribution in [1.82, 2.24) is 9.55 Å². The second-order valence-electron chi connectivity index (χ2n) is 3.98. The summed E-state index contributed by atoms with van der Waals surface area (Å²) < 4.78 is 27.9. The fourth-order valence-corrected chi connectivity index (χ4v) is 2.24. The summed E-state index contributed by atoms with van der Waals surface area (Å²) in [6.45, 7) is 2.19. The highest BCUT2D eigenvalue weighted by molar-refractivity contribution is 7.89. The van der Waals surface area contributed by atoms with Crippen LogP contribution in [0.15, 0.2) is 0 Å². The molecule has 0 bridgehead atoms. The third-order valence-corrected chi connectivity index (χ3v) is 3.45. The van der Waals surface area contributed by atoms with Crippen LogP contribution in [-0.4, -0.2) is 36.8 Å². The van der Waals surface area contributed by atoms with Crippen molar-refractivity contribution in [2.75, 3.05) is 18.6 Å². The number of hydrogen-bond donors (Lipinski definition) is 2. The highest BCUT2D eigenvalue weighted by atomic mass is 32.2. The summed E-state index contributed by atoms with van der Waals surface area (Å²) in [5.41, 5.74) is 5.88. The number of nitrogen functional groups attached to an aromatic ring is 1. The first kappa shape index (κ1) is 15.4. The van der Waals surface area contributed by atoms with E-state index in [1.54, 1.807) is 4.57 Å². The topological polar surface area (TPSA) is 130 Å². The SMILES string of the molecule is CCc1nc(C(=O)OC)c(N)n1CCCS(N)(=O)=O. The summed E-state index contributed by atoms with van der Waals surface area (Å²) in [6, 6.07) is 0. The summed E-state index contributed by atoms with van der Waals surface area (Å²) in [5, 5.41) is 4.93. The van der Waals surface area contributed by atoms with Crippen LogP contribution in [0, 0.1) is 0 Å². The second kappa shape index (κ2) is 6.02. The normalized spacial score (nSPS) is 11.5. The lowest BCUT2D eigenvalue weighted by atomic mass is 10.4. The lowest BCUT2D eigenvalue weighted by molar-refractivity contribution is 0.0595. The van der Waals surface area contributed by atoms with Crippen LogP contribution in [-0.2, 0) is 27.7 Å². The molecule has 0 unspecified atom stereocenters. The van der Waals surface area contributed by atoms with Crippen molar-refractivity contribution in [1.29, 1.82) is 0 Å². The number of nitrogens with two attached hydrogens (primary N) is 2. The summed E-state index contributed by atoms with van der Waals surface area (Å²) >= 11 is 0. The van der Waals surface area contributed by atoms with Gasteiger partial charge in [-0.1, -0.05) is 6.92 Å². The number of nitrogens with zero attached hydrogens (tertiary/aromatic N) is 2. The smallest absolute Gasteiger partial charge is 0.360 e. The Morgan fingerprint density at radius 3 is 2.58 bits per heavy atom. The molecule has 0 amide bonds. The average molecular weight is 290 g/mol. The molecule has 8 nitrogen and oxygen atoms in total. The van der Waals surface area contributed by atoms with Crippen LogP contribution >= 0.6 is 0 Å². The van der Waals surface area contributed by atoms with Crippen molar-refractivity contribution in [2.45, 2.75) is 26.3 Å². The molecule has 9 heteroatoms. The van der Waals surface area contributed by atoms with Gasteiger partial charge in [0.05, 0.1) is 12.9 Å². The molecule has 0 saturated heterocycles. The predicted octanol–water partition coefficient (Wildman–Crippen LogP) is -0.507. The third-order valence-electron chi connectivity index (χ3n) is 2.59. The molecule has 0 atom stereocenters. The number of carbonyl (C=O) groups is 1. The number of esters is 1. The van der Waals surface area contributed by atoms with Gasteiger partial charge < -0.3 is 15.0 Å². The van der Waals surface area contributed by atoms with Crippen molar-refractivity contribution in [3.05, 3.63) is 11.5 Å². The molecule has 1 rings (SSSR count). The number of carbonyl (C=O) groups excluding carboxylic acids is 1. The zero-order valence-electron chi connectivity index (χ0n) is 10.9. The zero-order valence-corrected chi connectivity index (χ0v) is 11.7. The van der Waals surface area contributed by atoms with Gasteiger partial charge in [-0.15, -0.1) is 0 Å². The summed E-state index contributed by atoms with van der Waals surface area (Å²) in [5.74, 6) is 0.0178. The van der Waals surface area contributed by atoms with Gasteiger partial charge in [-0.2, -0.15) is 0 Å². The molecule has 0 radical (unpaired) electrons. The van der Waals surface area contributed by atoms with Gasteiger partial charge in [0.1, 0.15) is 11.6 Å². The van der Waals surface area contributed by atoms with Crippen molar-refractivity contribution < 1.29 is 17.9 Å². The van der Waals surface area contributed by atoms with Crippen molar-refractivity contribution in [2.24, 2.45) is 5.14 Å². The number of aryl methyl sites for hydroxylation is 1. The molecule has 0 aliphatic rings. The van der Waals surface area contributed by atoms with Gasteiger partial charge in [0.15, 0.2) is 5.69 Å². The van der Waals surface area contributed by atoms with Crippen molar-refractivity contribution >= 4 is 21.8 Å². The molecule has 0 aliphatic carbocycles. The lowest BCUT2D eigenvalue weighted by Crippen LogP contribution is -2.18. The molecule has 0 saturated carbocycles. The quantitative estimate of drug-likeness (QED) is 0.679. The fourth-order valence-electron chi connectivity index (χ4n) is 1.70. The van der Waals surface area contributed by atoms with Gasteiger partial charge in [0.2, 0.25) is 10.0 Å². The Bertz CT molecular complexity index is 564. The number of hydrogen-bond acceptors (Lipinski definition) is 6. The van der Waals surface area contributed by atoms with Crippen molar-refractivity contribution in [3.8, 4) is 0 Å². The molecule has 108 valence electrons. The molecule has 4 N–H and O–H groups in total. The first-order valence-electron chi connectivity index (χ1n) is 5.73. The lowest BCUT2D eigenvalue weighted by Gasteiger charge is -2.08. The van der Waals surface area contributed by atoms with Gasteiger partial charge in [-0.05, 0) is 6.42 Å². The van der Waals surface area contributed by atoms with Gasteiger partial charge in [0, 0.05) is 13.0 Å². The van der Waals surface area contributed by atoms with E-state index < -0.39 is 16.0 Å². The van der Waals surface area contributed by atoms with Gasteiger partial charge in [-0.25, -0.2) is 23.3 Å². The highest BCUT2D eigenvalue weighted by Crippen LogP contribution is 2.17. The number of methoxy groups -OCH3 is 1. The molecule has 1 aromatic heterocycles. The Kier molecular flexibility index (Phi) is 4.90.